The molecule has 1 aromatic heterocycles. The number of ether oxygens (including phenoxy) is 2. The van der Waals surface area contributed by atoms with Gasteiger partial charge < -0.3 is 19.4 Å². The number of rotatable bonds is 3. The molecular weight excluding hydrogens is 344 g/mol. The number of carbonyl (C=O) groups excluding carboxylic acids is 1. The van der Waals surface area contributed by atoms with Crippen LogP contribution in [-0.4, -0.2) is 23.7 Å². The lowest BCUT2D eigenvalue weighted by Gasteiger charge is -2.14. The van der Waals surface area contributed by atoms with E-state index in [1.807, 2.05) is 24.3 Å². The highest BCUT2D eigenvalue weighted by molar-refractivity contribution is 6.06. The molecule has 0 aliphatic carbocycles. The molecule has 1 aliphatic rings. The summed E-state index contributed by atoms with van der Waals surface area (Å²) < 4.78 is 12.9. The van der Waals surface area contributed by atoms with Crippen LogP contribution < -0.4 is 20.3 Å². The molecule has 0 bridgehead atoms. The number of para-hydroxylation sites is 1. The summed E-state index contributed by atoms with van der Waals surface area (Å²) in [5.74, 6) is 1.14. The topological polar surface area (TPSA) is 69.6 Å². The van der Waals surface area contributed by atoms with Crippen LogP contribution in [0.3, 0.4) is 0 Å². The van der Waals surface area contributed by atoms with Gasteiger partial charge in [0.1, 0.15) is 0 Å². The van der Waals surface area contributed by atoms with Crippen LogP contribution in [0.2, 0.25) is 0 Å². The van der Waals surface area contributed by atoms with E-state index in [9.17, 15) is 9.59 Å². The number of amides is 1. The van der Waals surface area contributed by atoms with Gasteiger partial charge in [0.2, 0.25) is 0 Å². The number of nitrogens with one attached hydrogen (secondary N) is 1. The highest BCUT2D eigenvalue weighted by atomic mass is 16.5. The van der Waals surface area contributed by atoms with Gasteiger partial charge in [-0.2, -0.15) is 0 Å². The van der Waals surface area contributed by atoms with E-state index in [1.54, 1.807) is 31.4 Å². The largest absolute Gasteiger partial charge is 0.490 e. The molecule has 0 atom stereocenters. The van der Waals surface area contributed by atoms with Gasteiger partial charge in [-0.05, 0) is 12.1 Å². The predicted octanol–water partition coefficient (Wildman–Crippen LogP) is 2.63. The summed E-state index contributed by atoms with van der Waals surface area (Å²) in [5.41, 5.74) is 1.20. The number of aromatic nitrogens is 1. The quantitative estimate of drug-likeness (QED) is 0.776. The van der Waals surface area contributed by atoms with Gasteiger partial charge in [-0.25, -0.2) is 0 Å². The van der Waals surface area contributed by atoms with Gasteiger partial charge in [0.05, 0.1) is 18.8 Å². The van der Waals surface area contributed by atoms with Gasteiger partial charge in [-0.1, -0.05) is 30.3 Å². The Kier molecular flexibility index (Phi) is 4.54. The summed E-state index contributed by atoms with van der Waals surface area (Å²) in [7, 11) is 1.65. The van der Waals surface area contributed by atoms with Crippen molar-refractivity contribution in [3.8, 4) is 11.5 Å². The minimum absolute atomic E-state index is 0.124. The molecule has 1 amide bonds. The first-order valence-electron chi connectivity index (χ1n) is 8.89. The zero-order valence-corrected chi connectivity index (χ0v) is 15.0. The van der Waals surface area contributed by atoms with Gasteiger partial charge >= 0.3 is 0 Å². The third-order valence-electron chi connectivity index (χ3n) is 4.63. The van der Waals surface area contributed by atoms with Crippen LogP contribution in [-0.2, 0) is 13.6 Å². The average Bonchev–Trinajstić information content (AvgIpc) is 2.95. The Morgan fingerprint density at radius 1 is 1.07 bits per heavy atom. The lowest BCUT2D eigenvalue weighted by Crippen LogP contribution is -2.26. The SMILES string of the molecule is Cn1cc(C(=O)NCc2cccc3c2OCCCO3)c2ccccc2c1=O. The van der Waals surface area contributed by atoms with Crippen molar-refractivity contribution in [2.24, 2.45) is 7.05 Å². The first kappa shape index (κ1) is 17.1. The number of hydrogen-bond donors (Lipinski definition) is 1. The van der Waals surface area contributed by atoms with E-state index in [0.29, 0.717) is 47.6 Å². The Balaban J connectivity index is 1.62. The summed E-state index contributed by atoms with van der Waals surface area (Å²) in [6.45, 7) is 1.51. The Bertz CT molecular complexity index is 1070. The Morgan fingerprint density at radius 3 is 2.70 bits per heavy atom. The average molecular weight is 364 g/mol. The molecule has 2 heterocycles. The number of nitrogens with zero attached hydrogens (tertiary/aromatic N) is 1. The molecule has 27 heavy (non-hydrogen) atoms. The maximum Gasteiger partial charge on any atom is 0.258 e. The molecule has 0 fully saturated rings. The summed E-state index contributed by atoms with van der Waals surface area (Å²) in [4.78, 5) is 25.1. The fraction of sp³-hybridized carbons (Fsp3) is 0.238. The van der Waals surface area contributed by atoms with Crippen molar-refractivity contribution < 1.29 is 14.3 Å². The minimum Gasteiger partial charge on any atom is -0.490 e. The number of pyridine rings is 1. The fourth-order valence-corrected chi connectivity index (χ4v) is 3.26. The predicted molar refractivity (Wildman–Crippen MR) is 102 cm³/mol. The summed E-state index contributed by atoms with van der Waals surface area (Å²) in [6, 6.07) is 12.8. The summed E-state index contributed by atoms with van der Waals surface area (Å²) in [6.07, 6.45) is 2.40. The van der Waals surface area contributed by atoms with Gasteiger partial charge in [0, 0.05) is 42.5 Å². The van der Waals surface area contributed by atoms with Gasteiger partial charge in [0.15, 0.2) is 11.5 Å². The lowest BCUT2D eigenvalue weighted by atomic mass is 10.1. The maximum atomic E-state index is 12.8. The van der Waals surface area contributed by atoms with Gasteiger partial charge in [-0.15, -0.1) is 0 Å². The lowest BCUT2D eigenvalue weighted by molar-refractivity contribution is 0.0951. The van der Waals surface area contributed by atoms with Crippen LogP contribution in [0, 0.1) is 0 Å². The zero-order valence-electron chi connectivity index (χ0n) is 15.0. The Morgan fingerprint density at radius 2 is 1.85 bits per heavy atom. The second-order valence-electron chi connectivity index (χ2n) is 6.48. The van der Waals surface area contributed by atoms with Crippen molar-refractivity contribution in [2.45, 2.75) is 13.0 Å². The van der Waals surface area contributed by atoms with E-state index in [2.05, 4.69) is 5.32 Å². The second kappa shape index (κ2) is 7.15. The second-order valence-corrected chi connectivity index (χ2v) is 6.48. The van der Waals surface area contributed by atoms with Crippen molar-refractivity contribution in [3.63, 3.8) is 0 Å². The van der Waals surface area contributed by atoms with Crippen LogP contribution >= 0.6 is 0 Å². The standard InChI is InChI=1S/C21H20N2O4/c1-23-13-17(15-7-2-3-8-16(15)21(23)25)20(24)22-12-14-6-4-9-18-19(14)27-11-5-10-26-18/h2-4,6-9,13H,5,10-12H2,1H3,(H,22,24). The zero-order chi connectivity index (χ0) is 18.8. The van der Waals surface area contributed by atoms with Gasteiger partial charge in [-0.3, -0.25) is 9.59 Å². The first-order chi connectivity index (χ1) is 13.1. The number of carbonyl (C=O) groups is 1. The van der Waals surface area contributed by atoms with Crippen molar-refractivity contribution in [2.75, 3.05) is 13.2 Å². The van der Waals surface area contributed by atoms with Crippen molar-refractivity contribution in [1.29, 1.82) is 0 Å². The molecule has 0 spiro atoms. The molecule has 0 saturated heterocycles. The van der Waals surface area contributed by atoms with E-state index < -0.39 is 0 Å². The Labute approximate surface area is 156 Å². The molecule has 6 nitrogen and oxygen atoms in total. The molecule has 4 rings (SSSR count). The molecule has 0 radical (unpaired) electrons. The molecule has 1 N–H and O–H groups in total. The van der Waals surface area contributed by atoms with E-state index in [1.165, 1.54) is 4.57 Å². The highest BCUT2D eigenvalue weighted by Crippen LogP contribution is 2.33. The molecular formula is C21H20N2O4. The van der Waals surface area contributed by atoms with Crippen LogP contribution in [0.1, 0.15) is 22.3 Å². The molecule has 2 aromatic carbocycles. The van der Waals surface area contributed by atoms with Crippen molar-refractivity contribution >= 4 is 16.7 Å². The number of fused-ring (bicyclic) bond motifs is 2. The molecule has 0 saturated carbocycles. The van der Waals surface area contributed by atoms with E-state index in [-0.39, 0.29) is 11.5 Å². The van der Waals surface area contributed by atoms with Crippen LogP contribution in [0.15, 0.2) is 53.5 Å². The normalized spacial score (nSPS) is 13.2. The van der Waals surface area contributed by atoms with Crippen molar-refractivity contribution in [1.82, 2.24) is 9.88 Å². The Hall–Kier alpha value is -3.28. The highest BCUT2D eigenvalue weighted by Gasteiger charge is 2.17. The third-order valence-corrected chi connectivity index (χ3v) is 4.63. The number of aryl methyl sites for hydroxylation is 1. The van der Waals surface area contributed by atoms with E-state index in [4.69, 9.17) is 9.47 Å². The number of hydrogen-bond acceptors (Lipinski definition) is 4. The summed E-state index contributed by atoms with van der Waals surface area (Å²) in [5, 5.41) is 4.10. The van der Waals surface area contributed by atoms with Crippen LogP contribution in [0.25, 0.3) is 10.8 Å². The summed E-state index contributed by atoms with van der Waals surface area (Å²) >= 11 is 0. The van der Waals surface area contributed by atoms with E-state index >= 15 is 0 Å². The molecule has 0 unspecified atom stereocenters. The minimum atomic E-state index is -0.242. The smallest absolute Gasteiger partial charge is 0.258 e. The van der Waals surface area contributed by atoms with E-state index in [0.717, 1.165) is 12.0 Å². The monoisotopic (exact) mass is 364 g/mol. The van der Waals surface area contributed by atoms with Crippen LogP contribution in [0.5, 0.6) is 11.5 Å². The van der Waals surface area contributed by atoms with Crippen molar-refractivity contribution in [3.05, 3.63) is 70.1 Å². The van der Waals surface area contributed by atoms with Crippen LogP contribution in [0.4, 0.5) is 0 Å². The molecule has 138 valence electrons. The first-order valence-corrected chi connectivity index (χ1v) is 8.89. The molecule has 1 aliphatic heterocycles. The number of benzene rings is 2. The third kappa shape index (κ3) is 3.26. The molecule has 6 heteroatoms. The van der Waals surface area contributed by atoms with Gasteiger partial charge in [0.25, 0.3) is 11.5 Å². The fourth-order valence-electron chi connectivity index (χ4n) is 3.26. The maximum absolute atomic E-state index is 12.8. The molecule has 3 aromatic rings.